The molecule has 3 rings (SSSR count). The topological polar surface area (TPSA) is 102 Å². The minimum absolute atomic E-state index is 0.0747. The number of hydrogen-bond acceptors (Lipinski definition) is 6. The molecule has 8 heteroatoms. The van der Waals surface area contributed by atoms with Gasteiger partial charge < -0.3 is 15.0 Å². The fraction of sp³-hybridized carbons (Fsp3) is 0.333. The average Bonchev–Trinajstić information content (AvgIpc) is 2.74. The molecule has 152 valence electrons. The molecule has 0 unspecified atom stereocenters. The Morgan fingerprint density at radius 2 is 1.86 bits per heavy atom. The Kier molecular flexibility index (Phi) is 6.11. The third-order valence-corrected chi connectivity index (χ3v) is 5.20. The fourth-order valence-electron chi connectivity index (χ4n) is 3.50. The number of esters is 1. The Hall–Kier alpha value is -3.42. The maximum absolute atomic E-state index is 12.7. The van der Waals surface area contributed by atoms with Gasteiger partial charge in [0.25, 0.3) is 5.69 Å². The Bertz CT molecular complexity index is 936. The van der Waals surface area contributed by atoms with E-state index < -0.39 is 5.97 Å². The molecule has 0 saturated carbocycles. The van der Waals surface area contributed by atoms with Crippen LogP contribution in [0.5, 0.6) is 0 Å². The number of piperidine rings is 1. The number of carbonyl (C=O) groups is 2. The molecule has 1 aliphatic rings. The lowest BCUT2D eigenvalue weighted by Crippen LogP contribution is -2.38. The minimum atomic E-state index is -0.460. The zero-order chi connectivity index (χ0) is 21.0. The van der Waals surface area contributed by atoms with Crippen LogP contribution in [0.25, 0.3) is 0 Å². The van der Waals surface area contributed by atoms with Gasteiger partial charge in [0.2, 0.25) is 5.91 Å². The predicted octanol–water partition coefficient (Wildman–Crippen LogP) is 3.54. The molecule has 2 aromatic rings. The summed E-state index contributed by atoms with van der Waals surface area (Å²) in [5, 5.41) is 14.2. The largest absolute Gasteiger partial charge is 0.465 e. The van der Waals surface area contributed by atoms with Crippen LogP contribution in [0.2, 0.25) is 0 Å². The number of nitrogens with zero attached hydrogens (tertiary/aromatic N) is 2. The van der Waals surface area contributed by atoms with E-state index in [4.69, 9.17) is 4.74 Å². The van der Waals surface area contributed by atoms with Crippen LogP contribution >= 0.6 is 0 Å². The third kappa shape index (κ3) is 4.53. The van der Waals surface area contributed by atoms with Crippen LogP contribution in [0, 0.1) is 23.0 Å². The van der Waals surface area contributed by atoms with Crippen LogP contribution in [0.1, 0.15) is 28.8 Å². The van der Waals surface area contributed by atoms with E-state index in [1.807, 2.05) is 11.8 Å². The number of hydrogen-bond donors (Lipinski definition) is 1. The zero-order valence-corrected chi connectivity index (χ0v) is 16.4. The van der Waals surface area contributed by atoms with Crippen molar-refractivity contribution < 1.29 is 19.2 Å². The van der Waals surface area contributed by atoms with Crippen LogP contribution in [-0.4, -0.2) is 37.0 Å². The molecule has 8 nitrogen and oxygen atoms in total. The first-order chi connectivity index (χ1) is 13.9. The zero-order valence-electron chi connectivity index (χ0n) is 16.4. The smallest absolute Gasteiger partial charge is 0.337 e. The van der Waals surface area contributed by atoms with Crippen molar-refractivity contribution in [3.05, 3.63) is 63.7 Å². The maximum atomic E-state index is 12.7. The number of methoxy groups -OCH3 is 1. The molecule has 0 atom stereocenters. The number of nitro benzene ring substituents is 1. The molecule has 1 fully saturated rings. The number of nitrogens with one attached hydrogen (secondary N) is 1. The Balaban J connectivity index is 1.66. The van der Waals surface area contributed by atoms with Gasteiger partial charge in [0.15, 0.2) is 0 Å². The van der Waals surface area contributed by atoms with Gasteiger partial charge >= 0.3 is 5.97 Å². The molecule has 29 heavy (non-hydrogen) atoms. The number of nitro groups is 1. The molecule has 0 radical (unpaired) electrons. The number of rotatable bonds is 5. The van der Waals surface area contributed by atoms with Gasteiger partial charge in [-0.15, -0.1) is 0 Å². The van der Waals surface area contributed by atoms with Crippen molar-refractivity contribution in [1.29, 1.82) is 0 Å². The molecule has 1 aliphatic heterocycles. The summed E-state index contributed by atoms with van der Waals surface area (Å²) in [6, 6.07) is 11.7. The number of aryl methyl sites for hydroxylation is 1. The van der Waals surface area contributed by atoms with E-state index in [0.717, 1.165) is 5.56 Å². The second-order valence-corrected chi connectivity index (χ2v) is 7.02. The molecular weight excluding hydrogens is 374 g/mol. The normalized spacial score (nSPS) is 14.3. The van der Waals surface area contributed by atoms with Crippen LogP contribution in [0.4, 0.5) is 17.1 Å². The lowest BCUT2D eigenvalue weighted by atomic mass is 9.95. The van der Waals surface area contributed by atoms with Gasteiger partial charge in [0.05, 0.1) is 17.6 Å². The monoisotopic (exact) mass is 397 g/mol. The van der Waals surface area contributed by atoms with E-state index in [-0.39, 0.29) is 22.4 Å². The average molecular weight is 397 g/mol. The van der Waals surface area contributed by atoms with E-state index in [2.05, 4.69) is 5.32 Å². The highest BCUT2D eigenvalue weighted by Gasteiger charge is 2.28. The maximum Gasteiger partial charge on any atom is 0.337 e. The number of amides is 1. The first-order valence-corrected chi connectivity index (χ1v) is 9.39. The Morgan fingerprint density at radius 1 is 1.17 bits per heavy atom. The van der Waals surface area contributed by atoms with Gasteiger partial charge in [-0.05, 0) is 43.5 Å². The summed E-state index contributed by atoms with van der Waals surface area (Å²) >= 11 is 0. The summed E-state index contributed by atoms with van der Waals surface area (Å²) in [6.45, 7) is 2.97. The number of carbonyl (C=O) groups excluding carboxylic acids is 2. The standard InChI is InChI=1S/C21H23N3O5/c1-14-7-8-16(21(26)29-2)13-17(14)22-20(25)15-9-11-23(12-10-15)18-5-3-4-6-19(18)24(27)28/h3-8,13,15H,9-12H2,1-2H3,(H,22,25). The van der Waals surface area contributed by atoms with E-state index in [1.54, 1.807) is 36.4 Å². The highest BCUT2D eigenvalue weighted by molar-refractivity contribution is 5.96. The summed E-state index contributed by atoms with van der Waals surface area (Å²) in [5.74, 6) is -0.772. The molecular formula is C21H23N3O5. The lowest BCUT2D eigenvalue weighted by molar-refractivity contribution is -0.384. The Labute approximate surface area is 168 Å². The number of anilines is 2. The van der Waals surface area contributed by atoms with Gasteiger partial charge in [-0.3, -0.25) is 14.9 Å². The Morgan fingerprint density at radius 3 is 2.52 bits per heavy atom. The molecule has 0 spiro atoms. The summed E-state index contributed by atoms with van der Waals surface area (Å²) < 4.78 is 4.73. The summed E-state index contributed by atoms with van der Waals surface area (Å²) in [7, 11) is 1.31. The summed E-state index contributed by atoms with van der Waals surface area (Å²) in [6.07, 6.45) is 1.18. The molecule has 1 heterocycles. The van der Waals surface area contributed by atoms with Crippen molar-refractivity contribution in [1.82, 2.24) is 0 Å². The van der Waals surface area contributed by atoms with Gasteiger partial charge in [0.1, 0.15) is 5.69 Å². The summed E-state index contributed by atoms with van der Waals surface area (Å²) in [4.78, 5) is 37.3. The van der Waals surface area contributed by atoms with Gasteiger partial charge in [-0.1, -0.05) is 18.2 Å². The first-order valence-electron chi connectivity index (χ1n) is 9.39. The highest BCUT2D eigenvalue weighted by Crippen LogP contribution is 2.31. The molecule has 2 aromatic carbocycles. The molecule has 1 amide bonds. The van der Waals surface area contributed by atoms with Gasteiger partial charge in [0, 0.05) is 30.8 Å². The van der Waals surface area contributed by atoms with Crippen LogP contribution in [0.3, 0.4) is 0 Å². The van der Waals surface area contributed by atoms with Crippen molar-refractivity contribution in [2.45, 2.75) is 19.8 Å². The number of ether oxygens (including phenoxy) is 1. The van der Waals surface area contributed by atoms with E-state index in [1.165, 1.54) is 13.2 Å². The van der Waals surface area contributed by atoms with Crippen molar-refractivity contribution in [3.63, 3.8) is 0 Å². The first kappa shape index (κ1) is 20.3. The summed E-state index contributed by atoms with van der Waals surface area (Å²) in [5.41, 5.74) is 2.46. The quantitative estimate of drug-likeness (QED) is 0.470. The van der Waals surface area contributed by atoms with E-state index in [9.17, 15) is 19.7 Å². The van der Waals surface area contributed by atoms with E-state index >= 15 is 0 Å². The number of benzene rings is 2. The SMILES string of the molecule is COC(=O)c1ccc(C)c(NC(=O)C2CCN(c3ccccc3[N+](=O)[O-])CC2)c1. The minimum Gasteiger partial charge on any atom is -0.465 e. The lowest BCUT2D eigenvalue weighted by Gasteiger charge is -2.32. The van der Waals surface area contributed by atoms with Crippen LogP contribution in [-0.2, 0) is 9.53 Å². The van der Waals surface area contributed by atoms with Crippen molar-refractivity contribution in [3.8, 4) is 0 Å². The molecule has 0 aliphatic carbocycles. The van der Waals surface area contributed by atoms with Gasteiger partial charge in [-0.2, -0.15) is 0 Å². The number of para-hydroxylation sites is 2. The third-order valence-electron chi connectivity index (χ3n) is 5.20. The fourth-order valence-corrected chi connectivity index (χ4v) is 3.50. The molecule has 1 saturated heterocycles. The molecule has 1 N–H and O–H groups in total. The van der Waals surface area contributed by atoms with Crippen LogP contribution < -0.4 is 10.2 Å². The van der Waals surface area contributed by atoms with E-state index in [0.29, 0.717) is 42.9 Å². The van der Waals surface area contributed by atoms with Crippen molar-refractivity contribution in [2.75, 3.05) is 30.4 Å². The molecule has 0 aromatic heterocycles. The highest BCUT2D eigenvalue weighted by atomic mass is 16.6. The van der Waals surface area contributed by atoms with Gasteiger partial charge in [-0.25, -0.2) is 4.79 Å². The predicted molar refractivity (Wildman–Crippen MR) is 109 cm³/mol. The van der Waals surface area contributed by atoms with Crippen LogP contribution in [0.15, 0.2) is 42.5 Å². The second kappa shape index (κ2) is 8.72. The second-order valence-electron chi connectivity index (χ2n) is 7.02. The van der Waals surface area contributed by atoms with Crippen molar-refractivity contribution >= 4 is 28.9 Å². The van der Waals surface area contributed by atoms with Crippen molar-refractivity contribution in [2.24, 2.45) is 5.92 Å². The molecule has 0 bridgehead atoms.